The monoisotopic (exact) mass is 608 g/mol. The number of hydrogen-bond acceptors (Lipinski definition) is 8. The Balaban J connectivity index is 1.40. The summed E-state index contributed by atoms with van der Waals surface area (Å²) in [5.41, 5.74) is -0.0477. The highest BCUT2D eigenvalue weighted by molar-refractivity contribution is 6.03. The first kappa shape index (κ1) is 31.1. The van der Waals surface area contributed by atoms with Gasteiger partial charge >= 0.3 is 6.29 Å². The molecule has 5 N–H and O–H groups in total. The Hall–Kier alpha value is -3.36. The maximum atomic E-state index is 15.5. The smallest absolute Gasteiger partial charge is 0.395 e. The molecule has 3 aromatic rings. The highest BCUT2D eigenvalue weighted by Crippen LogP contribution is 2.52. The molecule has 2 aromatic carbocycles. The van der Waals surface area contributed by atoms with Crippen LogP contribution in [0.5, 0.6) is 11.5 Å². The molecule has 1 amide bonds. The largest absolute Gasteiger partial charge is 0.586 e. The van der Waals surface area contributed by atoms with E-state index in [-0.39, 0.29) is 36.9 Å². The first-order valence-electron chi connectivity index (χ1n) is 14.0. The molecule has 1 aliphatic heterocycles. The number of aromatic nitrogens is 1. The van der Waals surface area contributed by atoms with Gasteiger partial charge in [-0.2, -0.15) is 0 Å². The van der Waals surface area contributed by atoms with Crippen molar-refractivity contribution >= 4 is 22.5 Å². The fourth-order valence-electron chi connectivity index (χ4n) is 5.39. The van der Waals surface area contributed by atoms with Crippen molar-refractivity contribution in [1.82, 2.24) is 4.57 Å². The lowest BCUT2D eigenvalue weighted by Gasteiger charge is -2.28. The van der Waals surface area contributed by atoms with Crippen LogP contribution in [0.4, 0.5) is 18.9 Å². The van der Waals surface area contributed by atoms with Gasteiger partial charge < -0.3 is 44.5 Å². The molecule has 13 heteroatoms. The zero-order chi connectivity index (χ0) is 31.2. The third-order valence-corrected chi connectivity index (χ3v) is 8.07. The summed E-state index contributed by atoms with van der Waals surface area (Å²) in [4.78, 5) is 13.4. The molecule has 234 valence electrons. The number of ether oxygens (including phenoxy) is 3. The number of alkyl halides is 2. The number of anilines is 1. The summed E-state index contributed by atoms with van der Waals surface area (Å²) in [7, 11) is 0. The average molecular weight is 609 g/mol. The minimum Gasteiger partial charge on any atom is -0.395 e. The predicted molar refractivity (Wildman–Crippen MR) is 149 cm³/mol. The van der Waals surface area contributed by atoms with E-state index in [0.717, 1.165) is 5.69 Å². The second-order valence-corrected chi connectivity index (χ2v) is 11.8. The van der Waals surface area contributed by atoms with Crippen molar-refractivity contribution in [3.63, 3.8) is 0 Å². The number of nitrogens with zero attached hydrogens (tertiary/aromatic N) is 1. The van der Waals surface area contributed by atoms with E-state index < -0.39 is 54.3 Å². The maximum absolute atomic E-state index is 15.5. The second-order valence-electron chi connectivity index (χ2n) is 11.8. The van der Waals surface area contributed by atoms with E-state index in [2.05, 4.69) is 14.8 Å². The summed E-state index contributed by atoms with van der Waals surface area (Å²) in [5.74, 6) is -1.52. The Morgan fingerprint density at radius 1 is 1.07 bits per heavy atom. The van der Waals surface area contributed by atoms with Gasteiger partial charge in [0.25, 0.3) is 0 Å². The van der Waals surface area contributed by atoms with Gasteiger partial charge in [-0.25, -0.2) is 4.39 Å². The number of aliphatic hydroxyl groups excluding tert-OH is 4. The molecule has 1 saturated carbocycles. The van der Waals surface area contributed by atoms with Gasteiger partial charge in [0.2, 0.25) is 5.91 Å². The first-order valence-corrected chi connectivity index (χ1v) is 14.0. The molecule has 0 bridgehead atoms. The Kier molecular flexibility index (Phi) is 8.40. The topological polar surface area (TPSA) is 143 Å². The molecule has 1 aromatic heterocycles. The van der Waals surface area contributed by atoms with Crippen molar-refractivity contribution < 1.29 is 52.6 Å². The summed E-state index contributed by atoms with van der Waals surface area (Å²) in [6, 6.07) is 8.75. The summed E-state index contributed by atoms with van der Waals surface area (Å²) in [6.07, 6.45) is -4.54. The van der Waals surface area contributed by atoms with Crippen LogP contribution in [-0.4, -0.2) is 75.8 Å². The number of carbonyl (C=O) groups is 1. The quantitative estimate of drug-likeness (QED) is 0.186. The van der Waals surface area contributed by atoms with Crippen LogP contribution in [0, 0.1) is 5.82 Å². The number of rotatable bonds is 13. The van der Waals surface area contributed by atoms with E-state index in [1.165, 1.54) is 30.3 Å². The third kappa shape index (κ3) is 6.31. The molecule has 10 nitrogen and oxygen atoms in total. The van der Waals surface area contributed by atoms with Gasteiger partial charge in [-0.05, 0) is 49.1 Å². The van der Waals surface area contributed by atoms with Crippen molar-refractivity contribution in [2.24, 2.45) is 0 Å². The number of amides is 1. The lowest BCUT2D eigenvalue weighted by atomic mass is 9.85. The van der Waals surface area contributed by atoms with Crippen LogP contribution in [0.1, 0.15) is 44.4 Å². The Morgan fingerprint density at radius 2 is 1.77 bits per heavy atom. The van der Waals surface area contributed by atoms with Gasteiger partial charge in [-0.1, -0.05) is 19.9 Å². The summed E-state index contributed by atoms with van der Waals surface area (Å²) in [5, 5.41) is 41.5. The average Bonchev–Trinajstić information content (AvgIpc) is 3.61. The number of halogens is 3. The summed E-state index contributed by atoms with van der Waals surface area (Å²) in [6.45, 7) is 3.16. The van der Waals surface area contributed by atoms with Crippen LogP contribution in [0.2, 0.25) is 0 Å². The minimum atomic E-state index is -3.79. The van der Waals surface area contributed by atoms with E-state index in [9.17, 15) is 28.9 Å². The Bertz CT molecular complexity index is 1500. The van der Waals surface area contributed by atoms with Gasteiger partial charge in [0, 0.05) is 29.2 Å². The Morgan fingerprint density at radius 3 is 2.44 bits per heavy atom. The summed E-state index contributed by atoms with van der Waals surface area (Å²) < 4.78 is 58.7. The van der Waals surface area contributed by atoms with Crippen molar-refractivity contribution in [3.05, 3.63) is 53.5 Å². The molecular formula is C30H35F3N2O8. The normalized spacial score (nSPS) is 18.1. The molecule has 2 atom stereocenters. The van der Waals surface area contributed by atoms with Crippen molar-refractivity contribution in [3.8, 4) is 11.5 Å². The highest BCUT2D eigenvalue weighted by atomic mass is 19.3. The van der Waals surface area contributed by atoms with E-state index in [1.54, 1.807) is 4.57 Å². The van der Waals surface area contributed by atoms with E-state index in [4.69, 9.17) is 9.84 Å². The van der Waals surface area contributed by atoms with E-state index in [1.807, 2.05) is 19.9 Å². The molecule has 2 heterocycles. The molecule has 5 rings (SSSR count). The van der Waals surface area contributed by atoms with Crippen molar-refractivity contribution in [2.45, 2.75) is 69.0 Å². The van der Waals surface area contributed by atoms with Gasteiger partial charge in [0.1, 0.15) is 11.9 Å². The first-order chi connectivity index (χ1) is 20.3. The van der Waals surface area contributed by atoms with Crippen LogP contribution in [0.15, 0.2) is 36.4 Å². The maximum Gasteiger partial charge on any atom is 0.586 e. The Labute approximate surface area is 245 Å². The number of benzene rings is 2. The molecule has 0 radical (unpaired) electrons. The molecule has 43 heavy (non-hydrogen) atoms. The molecule has 0 spiro atoms. The zero-order valence-corrected chi connectivity index (χ0v) is 23.8. The van der Waals surface area contributed by atoms with E-state index >= 15 is 4.39 Å². The molecule has 2 aliphatic rings. The number of hydrogen-bond donors (Lipinski definition) is 5. The molecule has 2 unspecified atom stereocenters. The van der Waals surface area contributed by atoms with Gasteiger partial charge in [-0.3, -0.25) is 4.79 Å². The number of aliphatic hydroxyl groups is 4. The van der Waals surface area contributed by atoms with Crippen LogP contribution in [-0.2, 0) is 26.9 Å². The lowest BCUT2D eigenvalue weighted by molar-refractivity contribution is -0.286. The molecular weight excluding hydrogens is 573 g/mol. The van der Waals surface area contributed by atoms with Crippen molar-refractivity contribution in [2.75, 3.05) is 31.7 Å². The minimum absolute atomic E-state index is 0.0136. The van der Waals surface area contributed by atoms with E-state index in [0.29, 0.717) is 35.7 Å². The number of nitrogens with one attached hydrogen (secondary N) is 1. The van der Waals surface area contributed by atoms with Crippen LogP contribution >= 0.6 is 0 Å². The van der Waals surface area contributed by atoms with Gasteiger partial charge in [0.05, 0.1) is 49.1 Å². The number of carbonyl (C=O) groups excluding carboxylic acids is 1. The van der Waals surface area contributed by atoms with Crippen LogP contribution < -0.4 is 14.8 Å². The van der Waals surface area contributed by atoms with Gasteiger partial charge in [0.15, 0.2) is 11.5 Å². The zero-order valence-electron chi connectivity index (χ0n) is 23.8. The fourth-order valence-corrected chi connectivity index (χ4v) is 5.39. The third-order valence-electron chi connectivity index (χ3n) is 8.07. The van der Waals surface area contributed by atoms with Crippen LogP contribution in [0.3, 0.4) is 0 Å². The predicted octanol–water partition coefficient (Wildman–Crippen LogP) is 3.16. The number of fused-ring (bicyclic) bond motifs is 2. The standard InChI is InChI=1S/C30H35F3N2O8/c1-28(2,7-8-41-16-20(39)15-37)26-10-17-9-22(21(31)12-23(17)35(26)13-19(38)14-36)34-27(40)29(5-6-29)18-3-4-24-25(11-18)43-30(32,33)42-24/h3-4,9-12,19-20,36-39H,5-8,13-16H2,1-2H3,(H,34,40). The SMILES string of the molecule is CC(C)(CCOCC(O)CO)c1cc2cc(NC(=O)C3(c4ccc5c(c4)OC(F)(F)O5)CC3)c(F)cc2n1CC(O)CO. The summed E-state index contributed by atoms with van der Waals surface area (Å²) >= 11 is 0. The van der Waals surface area contributed by atoms with Gasteiger partial charge in [-0.15, -0.1) is 8.78 Å². The molecule has 1 aliphatic carbocycles. The molecule has 1 fully saturated rings. The second kappa shape index (κ2) is 11.6. The fraction of sp³-hybridized carbons (Fsp3) is 0.500. The highest BCUT2D eigenvalue weighted by Gasteiger charge is 2.53. The molecule has 0 saturated heterocycles. The van der Waals surface area contributed by atoms with Crippen LogP contribution in [0.25, 0.3) is 10.9 Å². The van der Waals surface area contributed by atoms with Crippen molar-refractivity contribution in [1.29, 1.82) is 0 Å². The lowest BCUT2D eigenvalue weighted by Crippen LogP contribution is -2.29.